The summed E-state index contributed by atoms with van der Waals surface area (Å²) >= 11 is 6.65. The van der Waals surface area contributed by atoms with E-state index in [2.05, 4.69) is 31.9 Å². The van der Waals surface area contributed by atoms with Crippen molar-refractivity contribution < 1.29 is 10.0 Å². The van der Waals surface area contributed by atoms with Crippen LogP contribution in [-0.2, 0) is 4.79 Å². The van der Waals surface area contributed by atoms with Crippen LogP contribution >= 0.6 is 31.9 Å². The Kier molecular flexibility index (Phi) is 3.19. The molecule has 0 amide bonds. The molecule has 1 aliphatic rings. The molecular formula is C9H15Br2NO2. The number of rotatable bonds is 0. The number of hydrogen-bond acceptors (Lipinski definition) is 3. The van der Waals surface area contributed by atoms with Gasteiger partial charge in [0.25, 0.3) is 0 Å². The highest BCUT2D eigenvalue weighted by Crippen LogP contribution is 2.41. The van der Waals surface area contributed by atoms with Gasteiger partial charge in [-0.25, -0.2) is 0 Å². The standard InChI is InChI=1S/C9H15Br2NO2/c1-8(2)6(10)5(13)7(11)9(3,4)12(8)14/h6-7,14H,1-4H3. The van der Waals surface area contributed by atoms with E-state index in [0.717, 1.165) is 0 Å². The number of alkyl halides is 2. The molecule has 1 rings (SSSR count). The number of carbonyl (C=O) groups excluding carboxylic acids is 1. The van der Waals surface area contributed by atoms with Crippen LogP contribution in [0.25, 0.3) is 0 Å². The van der Waals surface area contributed by atoms with Crippen molar-refractivity contribution in [3.8, 4) is 0 Å². The SMILES string of the molecule is CC1(C)C(Br)C(=O)C(Br)C(C)(C)N1O. The maximum Gasteiger partial charge on any atom is 0.163 e. The van der Waals surface area contributed by atoms with Crippen molar-refractivity contribution in [2.45, 2.75) is 48.4 Å². The normalized spacial score (nSPS) is 37.2. The molecule has 0 bridgehead atoms. The Hall–Kier alpha value is 0.550. The van der Waals surface area contributed by atoms with Gasteiger partial charge in [-0.05, 0) is 27.7 Å². The molecule has 82 valence electrons. The third kappa shape index (κ3) is 1.58. The molecule has 0 spiro atoms. The fourth-order valence-corrected chi connectivity index (χ4v) is 3.05. The fourth-order valence-electron chi connectivity index (χ4n) is 1.78. The van der Waals surface area contributed by atoms with Crippen LogP contribution in [0, 0.1) is 0 Å². The topological polar surface area (TPSA) is 40.5 Å². The van der Waals surface area contributed by atoms with Gasteiger partial charge in [0.2, 0.25) is 0 Å². The lowest BCUT2D eigenvalue weighted by Crippen LogP contribution is -2.69. The summed E-state index contributed by atoms with van der Waals surface area (Å²) in [4.78, 5) is 11.1. The number of carbonyl (C=O) groups is 1. The summed E-state index contributed by atoms with van der Waals surface area (Å²) in [7, 11) is 0. The first kappa shape index (κ1) is 12.6. The quantitative estimate of drug-likeness (QED) is 0.694. The highest BCUT2D eigenvalue weighted by Gasteiger charge is 2.55. The highest BCUT2D eigenvalue weighted by molar-refractivity contribution is 9.10. The summed E-state index contributed by atoms with van der Waals surface area (Å²) in [5.41, 5.74) is -1.18. The zero-order chi connectivity index (χ0) is 11.3. The largest absolute Gasteiger partial charge is 0.313 e. The second kappa shape index (κ2) is 3.54. The zero-order valence-corrected chi connectivity index (χ0v) is 11.9. The number of hydrogen-bond donors (Lipinski definition) is 1. The molecule has 0 saturated carbocycles. The monoisotopic (exact) mass is 327 g/mol. The van der Waals surface area contributed by atoms with Crippen LogP contribution in [0.5, 0.6) is 0 Å². The van der Waals surface area contributed by atoms with Crippen LogP contribution in [0.3, 0.4) is 0 Å². The second-order valence-electron chi connectivity index (χ2n) is 4.75. The third-order valence-corrected chi connectivity index (χ3v) is 5.98. The van der Waals surface area contributed by atoms with Gasteiger partial charge >= 0.3 is 0 Å². The molecule has 0 aromatic heterocycles. The average Bonchev–Trinajstić information content (AvgIpc) is 2.11. The van der Waals surface area contributed by atoms with E-state index in [9.17, 15) is 10.0 Å². The molecule has 1 heterocycles. The Morgan fingerprint density at radius 1 is 1.14 bits per heavy atom. The molecule has 0 radical (unpaired) electrons. The predicted molar refractivity (Wildman–Crippen MR) is 62.2 cm³/mol. The maximum atomic E-state index is 11.9. The summed E-state index contributed by atoms with van der Waals surface area (Å²) in [5.74, 6) is 0.0744. The van der Waals surface area contributed by atoms with Crippen LogP contribution in [0.1, 0.15) is 27.7 Å². The molecule has 0 aromatic rings. The van der Waals surface area contributed by atoms with Gasteiger partial charge in [-0.2, -0.15) is 5.06 Å². The van der Waals surface area contributed by atoms with Crippen LogP contribution in [0.15, 0.2) is 0 Å². The van der Waals surface area contributed by atoms with E-state index in [1.165, 1.54) is 5.06 Å². The van der Waals surface area contributed by atoms with E-state index in [1.807, 2.05) is 27.7 Å². The molecule has 14 heavy (non-hydrogen) atoms. The lowest BCUT2D eigenvalue weighted by Gasteiger charge is -2.52. The van der Waals surface area contributed by atoms with Crippen molar-refractivity contribution in [2.75, 3.05) is 0 Å². The number of hydroxylamine groups is 2. The molecule has 1 N–H and O–H groups in total. The van der Waals surface area contributed by atoms with Crippen LogP contribution < -0.4 is 0 Å². The molecule has 1 aliphatic heterocycles. The molecule has 5 heteroatoms. The van der Waals surface area contributed by atoms with Crippen molar-refractivity contribution in [1.29, 1.82) is 0 Å². The Morgan fingerprint density at radius 3 is 1.71 bits per heavy atom. The summed E-state index contributed by atoms with van der Waals surface area (Å²) < 4.78 is 0. The van der Waals surface area contributed by atoms with Crippen LogP contribution in [0.2, 0.25) is 0 Å². The van der Waals surface area contributed by atoms with E-state index in [1.54, 1.807) is 0 Å². The van der Waals surface area contributed by atoms with E-state index in [4.69, 9.17) is 0 Å². The second-order valence-corrected chi connectivity index (χ2v) is 6.58. The lowest BCUT2D eigenvalue weighted by atomic mass is 9.81. The fraction of sp³-hybridized carbons (Fsp3) is 0.889. The Morgan fingerprint density at radius 2 is 1.43 bits per heavy atom. The van der Waals surface area contributed by atoms with Crippen molar-refractivity contribution in [3.63, 3.8) is 0 Å². The maximum absolute atomic E-state index is 11.9. The van der Waals surface area contributed by atoms with Crippen molar-refractivity contribution >= 4 is 37.6 Å². The minimum absolute atomic E-state index is 0.0744. The molecule has 2 unspecified atom stereocenters. The first-order valence-electron chi connectivity index (χ1n) is 4.44. The van der Waals surface area contributed by atoms with Gasteiger partial charge in [-0.15, -0.1) is 0 Å². The number of nitrogens with zero attached hydrogens (tertiary/aromatic N) is 1. The van der Waals surface area contributed by atoms with Gasteiger partial charge in [-0.1, -0.05) is 31.9 Å². The summed E-state index contributed by atoms with van der Waals surface area (Å²) in [6.07, 6.45) is 0. The smallest absolute Gasteiger partial charge is 0.163 e. The number of ketones is 1. The van der Waals surface area contributed by atoms with E-state index in [0.29, 0.717) is 0 Å². The lowest BCUT2D eigenvalue weighted by molar-refractivity contribution is -0.231. The predicted octanol–water partition coefficient (Wildman–Crippen LogP) is 2.34. The van der Waals surface area contributed by atoms with Crippen molar-refractivity contribution in [1.82, 2.24) is 5.06 Å². The molecule has 2 atom stereocenters. The number of Topliss-reactive ketones (excluding diaryl/α,β-unsaturated/α-hetero) is 1. The Labute approximate surface area is 101 Å². The van der Waals surface area contributed by atoms with Gasteiger partial charge < -0.3 is 5.21 Å². The first-order valence-corrected chi connectivity index (χ1v) is 6.27. The Bertz CT molecular complexity index is 242. The van der Waals surface area contributed by atoms with E-state index >= 15 is 0 Å². The molecular weight excluding hydrogens is 314 g/mol. The molecule has 1 fully saturated rings. The van der Waals surface area contributed by atoms with Gasteiger partial charge in [0.1, 0.15) is 0 Å². The van der Waals surface area contributed by atoms with Crippen molar-refractivity contribution in [3.05, 3.63) is 0 Å². The zero-order valence-electron chi connectivity index (χ0n) is 8.71. The molecule has 0 aliphatic carbocycles. The molecule has 3 nitrogen and oxygen atoms in total. The van der Waals surface area contributed by atoms with Crippen LogP contribution in [-0.4, -0.2) is 36.8 Å². The number of halogens is 2. The highest BCUT2D eigenvalue weighted by atomic mass is 79.9. The summed E-state index contributed by atoms with van der Waals surface area (Å²) in [6.45, 7) is 7.35. The van der Waals surface area contributed by atoms with Crippen LogP contribution in [0.4, 0.5) is 0 Å². The average molecular weight is 329 g/mol. The van der Waals surface area contributed by atoms with Gasteiger partial charge in [-0.3, -0.25) is 4.79 Å². The van der Waals surface area contributed by atoms with Gasteiger partial charge in [0, 0.05) is 0 Å². The summed E-state index contributed by atoms with van der Waals surface area (Å²) in [6, 6.07) is 0. The minimum Gasteiger partial charge on any atom is -0.313 e. The Balaban J connectivity index is 3.15. The first-order chi connectivity index (χ1) is 6.13. The van der Waals surface area contributed by atoms with E-state index < -0.39 is 11.1 Å². The third-order valence-electron chi connectivity index (χ3n) is 2.83. The summed E-state index contributed by atoms with van der Waals surface area (Å²) in [5, 5.41) is 11.3. The van der Waals surface area contributed by atoms with E-state index in [-0.39, 0.29) is 15.4 Å². The number of piperidine rings is 1. The van der Waals surface area contributed by atoms with Gasteiger partial charge in [0.15, 0.2) is 5.78 Å². The molecule has 1 saturated heterocycles. The van der Waals surface area contributed by atoms with Gasteiger partial charge in [0.05, 0.1) is 20.7 Å². The minimum atomic E-state index is -0.592. The van der Waals surface area contributed by atoms with Crippen molar-refractivity contribution in [2.24, 2.45) is 0 Å². The molecule has 0 aromatic carbocycles.